The number of piperazine rings is 1. The molecule has 2 nitrogen and oxygen atoms in total. The Morgan fingerprint density at radius 2 is 1.84 bits per heavy atom. The Bertz CT molecular complexity index is 262. The highest BCUT2D eigenvalue weighted by atomic mass is 19.4. The highest BCUT2D eigenvalue weighted by Gasteiger charge is 2.29. The second-order valence-corrected chi connectivity index (χ2v) is 5.98. The fourth-order valence-electron chi connectivity index (χ4n) is 3.40. The van der Waals surface area contributed by atoms with Crippen molar-refractivity contribution in [2.75, 3.05) is 26.2 Å². The van der Waals surface area contributed by atoms with Crippen LogP contribution in [0.2, 0.25) is 0 Å². The Kier molecular flexibility index (Phi) is 5.51. The summed E-state index contributed by atoms with van der Waals surface area (Å²) in [5, 5.41) is 3.56. The van der Waals surface area contributed by atoms with Crippen molar-refractivity contribution in [3.63, 3.8) is 0 Å². The molecular weight excluding hydrogens is 253 g/mol. The monoisotopic (exact) mass is 278 g/mol. The van der Waals surface area contributed by atoms with Crippen LogP contribution < -0.4 is 5.32 Å². The van der Waals surface area contributed by atoms with Crippen LogP contribution in [0.15, 0.2) is 0 Å². The molecule has 5 heteroatoms. The zero-order valence-corrected chi connectivity index (χ0v) is 11.5. The van der Waals surface area contributed by atoms with E-state index in [9.17, 15) is 13.2 Å². The molecule has 0 spiro atoms. The summed E-state index contributed by atoms with van der Waals surface area (Å²) in [4.78, 5) is 2.21. The van der Waals surface area contributed by atoms with Crippen LogP contribution in [-0.4, -0.2) is 43.3 Å². The molecule has 1 saturated heterocycles. The zero-order chi connectivity index (χ0) is 13.7. The number of halogens is 3. The molecule has 2 aliphatic rings. The molecule has 2 rings (SSSR count). The van der Waals surface area contributed by atoms with E-state index in [1.54, 1.807) is 0 Å². The lowest BCUT2D eigenvalue weighted by Crippen LogP contribution is -2.54. The van der Waals surface area contributed by atoms with Crippen LogP contribution >= 0.6 is 0 Å². The molecule has 0 aromatic rings. The van der Waals surface area contributed by atoms with Crippen LogP contribution in [0.1, 0.15) is 44.9 Å². The first-order valence-electron chi connectivity index (χ1n) is 7.57. The van der Waals surface area contributed by atoms with Crippen molar-refractivity contribution in [1.29, 1.82) is 0 Å². The van der Waals surface area contributed by atoms with Gasteiger partial charge in [0.15, 0.2) is 0 Å². The number of nitrogens with zero attached hydrogens (tertiary/aromatic N) is 1. The third-order valence-corrected chi connectivity index (χ3v) is 4.44. The Labute approximate surface area is 113 Å². The van der Waals surface area contributed by atoms with Gasteiger partial charge in [0.05, 0.1) is 0 Å². The average Bonchev–Trinajstić information content (AvgIpc) is 2.39. The fraction of sp³-hybridized carbons (Fsp3) is 1.00. The van der Waals surface area contributed by atoms with E-state index < -0.39 is 12.6 Å². The second kappa shape index (κ2) is 6.93. The molecule has 1 aliphatic carbocycles. The maximum absolute atomic E-state index is 12.1. The SMILES string of the molecule is FC(F)(F)CCCN1CCNC(C2CCCCC2)C1. The summed E-state index contributed by atoms with van der Waals surface area (Å²) in [7, 11) is 0. The zero-order valence-electron chi connectivity index (χ0n) is 11.5. The van der Waals surface area contributed by atoms with E-state index in [0.29, 0.717) is 12.6 Å². The molecule has 19 heavy (non-hydrogen) atoms. The normalized spacial score (nSPS) is 27.6. The van der Waals surface area contributed by atoms with E-state index in [4.69, 9.17) is 0 Å². The van der Waals surface area contributed by atoms with E-state index >= 15 is 0 Å². The van der Waals surface area contributed by atoms with Gasteiger partial charge in [0, 0.05) is 32.1 Å². The number of alkyl halides is 3. The first-order valence-corrected chi connectivity index (χ1v) is 7.57. The van der Waals surface area contributed by atoms with E-state index in [-0.39, 0.29) is 6.42 Å². The fourth-order valence-corrected chi connectivity index (χ4v) is 3.40. The molecule has 1 heterocycles. The van der Waals surface area contributed by atoms with Gasteiger partial charge in [-0.25, -0.2) is 0 Å². The van der Waals surface area contributed by atoms with Gasteiger partial charge in [-0.3, -0.25) is 0 Å². The quantitative estimate of drug-likeness (QED) is 0.849. The van der Waals surface area contributed by atoms with Crippen LogP contribution in [-0.2, 0) is 0 Å². The number of hydrogen-bond acceptors (Lipinski definition) is 2. The van der Waals surface area contributed by atoms with Crippen molar-refractivity contribution < 1.29 is 13.2 Å². The Hall–Kier alpha value is -0.290. The van der Waals surface area contributed by atoms with Crippen LogP contribution in [0, 0.1) is 5.92 Å². The number of hydrogen-bond donors (Lipinski definition) is 1. The van der Waals surface area contributed by atoms with Crippen LogP contribution in [0.5, 0.6) is 0 Å². The van der Waals surface area contributed by atoms with Crippen molar-refractivity contribution in [2.45, 2.75) is 57.2 Å². The predicted octanol–water partition coefficient (Wildman–Crippen LogP) is 3.18. The molecule has 1 unspecified atom stereocenters. The van der Waals surface area contributed by atoms with E-state index in [2.05, 4.69) is 10.2 Å². The predicted molar refractivity (Wildman–Crippen MR) is 70.1 cm³/mol. The van der Waals surface area contributed by atoms with Gasteiger partial charge in [-0.05, 0) is 31.7 Å². The summed E-state index contributed by atoms with van der Waals surface area (Å²) < 4.78 is 36.4. The molecule has 112 valence electrons. The standard InChI is InChI=1S/C14H25F3N2/c15-14(16,17)7-4-9-19-10-8-18-13(11-19)12-5-2-1-3-6-12/h12-13,18H,1-11H2. The molecule has 1 saturated carbocycles. The van der Waals surface area contributed by atoms with Crippen molar-refractivity contribution in [3.8, 4) is 0 Å². The Morgan fingerprint density at radius 3 is 2.53 bits per heavy atom. The summed E-state index contributed by atoms with van der Waals surface area (Å²) in [6.45, 7) is 3.33. The molecule has 0 aromatic carbocycles. The molecule has 1 N–H and O–H groups in total. The second-order valence-electron chi connectivity index (χ2n) is 5.98. The van der Waals surface area contributed by atoms with Crippen molar-refractivity contribution >= 4 is 0 Å². The van der Waals surface area contributed by atoms with Gasteiger partial charge in [-0.1, -0.05) is 19.3 Å². The maximum Gasteiger partial charge on any atom is 0.389 e. The lowest BCUT2D eigenvalue weighted by molar-refractivity contribution is -0.136. The van der Waals surface area contributed by atoms with Crippen LogP contribution in [0.4, 0.5) is 13.2 Å². The third kappa shape index (κ3) is 5.30. The lowest BCUT2D eigenvalue weighted by atomic mass is 9.83. The minimum atomic E-state index is -4.00. The summed E-state index contributed by atoms with van der Waals surface area (Å²) in [6, 6.07) is 0.500. The topological polar surface area (TPSA) is 15.3 Å². The van der Waals surface area contributed by atoms with E-state index in [1.807, 2.05) is 0 Å². The van der Waals surface area contributed by atoms with Gasteiger partial charge in [0.1, 0.15) is 0 Å². The molecular formula is C14H25F3N2. The molecule has 2 fully saturated rings. The van der Waals surface area contributed by atoms with Crippen molar-refractivity contribution in [1.82, 2.24) is 10.2 Å². The minimum Gasteiger partial charge on any atom is -0.311 e. The smallest absolute Gasteiger partial charge is 0.311 e. The summed E-state index contributed by atoms with van der Waals surface area (Å²) in [5.41, 5.74) is 0. The summed E-state index contributed by atoms with van der Waals surface area (Å²) in [5.74, 6) is 0.735. The Balaban J connectivity index is 1.70. The minimum absolute atomic E-state index is 0.237. The first-order chi connectivity index (χ1) is 9.04. The molecule has 0 amide bonds. The molecule has 0 bridgehead atoms. The van der Waals surface area contributed by atoms with Crippen LogP contribution in [0.25, 0.3) is 0 Å². The maximum atomic E-state index is 12.1. The molecule has 0 radical (unpaired) electrons. The highest BCUT2D eigenvalue weighted by Crippen LogP contribution is 2.28. The summed E-state index contributed by atoms with van der Waals surface area (Å²) >= 11 is 0. The van der Waals surface area contributed by atoms with E-state index in [0.717, 1.165) is 25.6 Å². The van der Waals surface area contributed by atoms with E-state index in [1.165, 1.54) is 32.1 Å². The van der Waals surface area contributed by atoms with Gasteiger partial charge in [-0.15, -0.1) is 0 Å². The third-order valence-electron chi connectivity index (χ3n) is 4.44. The van der Waals surface area contributed by atoms with Gasteiger partial charge >= 0.3 is 6.18 Å². The van der Waals surface area contributed by atoms with Gasteiger partial charge < -0.3 is 10.2 Å². The average molecular weight is 278 g/mol. The highest BCUT2D eigenvalue weighted by molar-refractivity contribution is 4.85. The lowest BCUT2D eigenvalue weighted by Gasteiger charge is -2.39. The molecule has 0 aromatic heterocycles. The number of nitrogens with one attached hydrogen (secondary N) is 1. The van der Waals surface area contributed by atoms with Crippen molar-refractivity contribution in [2.24, 2.45) is 5.92 Å². The van der Waals surface area contributed by atoms with Crippen LogP contribution in [0.3, 0.4) is 0 Å². The van der Waals surface area contributed by atoms with Crippen molar-refractivity contribution in [3.05, 3.63) is 0 Å². The van der Waals surface area contributed by atoms with Gasteiger partial charge in [0.25, 0.3) is 0 Å². The van der Waals surface area contributed by atoms with Gasteiger partial charge in [0.2, 0.25) is 0 Å². The molecule has 1 aliphatic heterocycles. The number of rotatable bonds is 4. The summed E-state index contributed by atoms with van der Waals surface area (Å²) in [6.07, 6.45) is 2.14. The Morgan fingerprint density at radius 1 is 1.11 bits per heavy atom. The molecule has 1 atom stereocenters. The van der Waals surface area contributed by atoms with Gasteiger partial charge in [-0.2, -0.15) is 13.2 Å². The first kappa shape index (κ1) is 15.1. The largest absolute Gasteiger partial charge is 0.389 e.